The van der Waals surface area contributed by atoms with E-state index < -0.39 is 10.4 Å². The van der Waals surface area contributed by atoms with Crippen LogP contribution in [-0.4, -0.2) is 20.1 Å². The van der Waals surface area contributed by atoms with E-state index in [1.54, 1.807) is 0 Å². The molecule has 0 unspecified atom stereocenters. The highest BCUT2D eigenvalue weighted by Crippen LogP contribution is 2.33. The van der Waals surface area contributed by atoms with Crippen LogP contribution in [0.25, 0.3) is 32.8 Å². The topological polar surface area (TPSA) is 67.5 Å². The maximum absolute atomic E-state index is 9.33. The van der Waals surface area contributed by atoms with Crippen molar-refractivity contribution in [1.29, 1.82) is 0 Å². The van der Waals surface area contributed by atoms with E-state index in [2.05, 4.69) is 94.8 Å². The zero-order valence-corrected chi connectivity index (χ0v) is 15.8. The van der Waals surface area contributed by atoms with Gasteiger partial charge >= 0.3 is 10.4 Å². The van der Waals surface area contributed by atoms with Gasteiger partial charge in [-0.1, -0.05) is 54.6 Å². The van der Waals surface area contributed by atoms with E-state index in [9.17, 15) is 8.42 Å². The fourth-order valence-corrected chi connectivity index (χ4v) is 3.06. The third-order valence-electron chi connectivity index (χ3n) is 4.31. The van der Waals surface area contributed by atoms with Gasteiger partial charge in [0.15, 0.2) is 6.20 Å². The van der Waals surface area contributed by atoms with Gasteiger partial charge in [-0.15, -0.1) is 0 Å². The van der Waals surface area contributed by atoms with Gasteiger partial charge in [0.05, 0.1) is 12.5 Å². The van der Waals surface area contributed by atoms with E-state index in [0.717, 1.165) is 7.11 Å². The van der Waals surface area contributed by atoms with Crippen molar-refractivity contribution in [3.63, 3.8) is 0 Å². The first kappa shape index (κ1) is 19.0. The van der Waals surface area contributed by atoms with Crippen molar-refractivity contribution < 1.29 is 21.7 Å². The molecule has 27 heavy (non-hydrogen) atoms. The van der Waals surface area contributed by atoms with E-state index >= 15 is 0 Å². The molecule has 1 heterocycles. The molecule has 0 bridgehead atoms. The molecule has 0 radical (unpaired) electrons. The normalized spacial score (nSPS) is 11.2. The van der Waals surface area contributed by atoms with Gasteiger partial charge in [0.2, 0.25) is 5.52 Å². The largest absolute Gasteiger partial charge is 0.397 e. The summed E-state index contributed by atoms with van der Waals surface area (Å²) >= 11 is 0. The molecule has 0 amide bonds. The average molecular weight is 382 g/mol. The molecule has 0 fully saturated rings. The Bertz CT molecular complexity index is 1190. The summed E-state index contributed by atoms with van der Waals surface area (Å²) in [5, 5.41) is 3.92. The van der Waals surface area contributed by atoms with Gasteiger partial charge in [0.1, 0.15) is 7.05 Å². The number of fused-ring (bicyclic) bond motifs is 3. The zero-order valence-electron chi connectivity index (χ0n) is 15.0. The lowest BCUT2D eigenvalue weighted by Gasteiger charge is -2.09. The Kier molecular flexibility index (Phi) is 5.51. The minimum Gasteiger partial charge on any atom is -0.264 e. The summed E-state index contributed by atoms with van der Waals surface area (Å²) in [5.74, 6) is 0. The summed E-state index contributed by atoms with van der Waals surface area (Å²) in [5.41, 5.74) is 3.81. The molecule has 0 aliphatic carbocycles. The molecule has 3 aromatic carbocycles. The molecular weight excluding hydrogens is 362 g/mol. The highest BCUT2D eigenvalue weighted by Gasteiger charge is 2.12. The minimum absolute atomic E-state index is 0.870. The summed E-state index contributed by atoms with van der Waals surface area (Å²) in [7, 11) is -1.19. The van der Waals surface area contributed by atoms with Crippen LogP contribution in [0.15, 0.2) is 79.0 Å². The number of hydrogen-bond donors (Lipinski definition) is 1. The van der Waals surface area contributed by atoms with Crippen molar-refractivity contribution >= 4 is 32.1 Å². The first-order valence-electron chi connectivity index (χ1n) is 8.29. The second-order valence-electron chi connectivity index (χ2n) is 5.98. The molecule has 5 nitrogen and oxygen atoms in total. The van der Waals surface area contributed by atoms with Crippen LogP contribution in [0.1, 0.15) is 0 Å². The molecule has 1 N–H and O–H groups in total. The molecule has 4 rings (SSSR count). The van der Waals surface area contributed by atoms with Crippen molar-refractivity contribution in [3.05, 3.63) is 79.0 Å². The van der Waals surface area contributed by atoms with Crippen molar-refractivity contribution in [2.24, 2.45) is 7.05 Å². The molecule has 4 aromatic rings. The molecule has 138 valence electrons. The fraction of sp³-hybridized carbons (Fsp3) is 0.0952. The Morgan fingerprint density at radius 1 is 0.852 bits per heavy atom. The van der Waals surface area contributed by atoms with Gasteiger partial charge < -0.3 is 0 Å². The Morgan fingerprint density at radius 3 is 2.04 bits per heavy atom. The summed E-state index contributed by atoms with van der Waals surface area (Å²) in [6.45, 7) is 0. The van der Waals surface area contributed by atoms with Crippen molar-refractivity contribution in [2.75, 3.05) is 7.11 Å². The fourth-order valence-electron chi connectivity index (χ4n) is 3.06. The van der Waals surface area contributed by atoms with Crippen LogP contribution in [0, 0.1) is 0 Å². The van der Waals surface area contributed by atoms with Crippen LogP contribution in [0.5, 0.6) is 0 Å². The molecule has 6 heteroatoms. The number of aromatic nitrogens is 1. The third-order valence-corrected chi connectivity index (χ3v) is 4.73. The summed E-state index contributed by atoms with van der Waals surface area (Å²) < 4.78 is 31.9. The number of nitrogens with zero attached hydrogens (tertiary/aromatic N) is 1. The SMILES string of the molecule is COS(=O)(=O)O.C[n+]1cccc2c3ccccc3c(-c3ccccc3)cc21. The Labute approximate surface area is 158 Å². The number of benzene rings is 3. The summed E-state index contributed by atoms with van der Waals surface area (Å²) in [4.78, 5) is 0. The van der Waals surface area contributed by atoms with Crippen LogP contribution in [0.4, 0.5) is 0 Å². The Hall–Kier alpha value is -2.80. The molecule has 0 aliphatic rings. The minimum atomic E-state index is -4.16. The second kappa shape index (κ2) is 7.84. The van der Waals surface area contributed by atoms with Gasteiger partial charge in [-0.05, 0) is 28.0 Å². The zero-order chi connectivity index (χ0) is 19.4. The van der Waals surface area contributed by atoms with E-state index in [-0.39, 0.29) is 0 Å². The standard InChI is InChI=1S/C20H16N.CH4O4S/c1-21-13-7-12-18-16-10-5-6-11-17(16)19(14-20(18)21)15-8-3-2-4-9-15;1-5-6(2,3)4/h2-14H,1H3;1H3,(H,2,3,4)/q+1;. The summed E-state index contributed by atoms with van der Waals surface area (Å²) in [6, 6.07) is 25.9. The first-order chi connectivity index (χ1) is 12.9. The quantitative estimate of drug-likeness (QED) is 0.324. The van der Waals surface area contributed by atoms with Crippen molar-refractivity contribution in [3.8, 4) is 11.1 Å². The van der Waals surface area contributed by atoms with Gasteiger partial charge in [0.25, 0.3) is 0 Å². The van der Waals surface area contributed by atoms with E-state index in [4.69, 9.17) is 4.55 Å². The molecule has 0 aliphatic heterocycles. The van der Waals surface area contributed by atoms with Crippen molar-refractivity contribution in [2.45, 2.75) is 0 Å². The van der Waals surface area contributed by atoms with Crippen LogP contribution in [-0.2, 0) is 21.6 Å². The Balaban J connectivity index is 0.000000307. The maximum Gasteiger partial charge on any atom is 0.397 e. The van der Waals surface area contributed by atoms with Gasteiger partial charge in [-0.25, -0.2) is 4.57 Å². The van der Waals surface area contributed by atoms with Crippen LogP contribution < -0.4 is 4.57 Å². The molecule has 1 aromatic heterocycles. The lowest BCUT2D eigenvalue weighted by atomic mass is 9.95. The van der Waals surface area contributed by atoms with E-state index in [0.29, 0.717) is 0 Å². The summed E-state index contributed by atoms with van der Waals surface area (Å²) in [6.07, 6.45) is 2.10. The average Bonchev–Trinajstić information content (AvgIpc) is 2.68. The van der Waals surface area contributed by atoms with E-state index in [1.807, 2.05) is 0 Å². The number of hydrogen-bond acceptors (Lipinski definition) is 3. The number of aryl methyl sites for hydroxylation is 1. The van der Waals surface area contributed by atoms with Crippen molar-refractivity contribution in [1.82, 2.24) is 0 Å². The highest BCUT2D eigenvalue weighted by atomic mass is 32.3. The molecule has 0 saturated heterocycles. The molecular formula is C21H20NO4S+. The van der Waals surface area contributed by atoms with Crippen LogP contribution in [0.2, 0.25) is 0 Å². The second-order valence-corrected chi connectivity index (χ2v) is 7.17. The van der Waals surface area contributed by atoms with E-state index in [1.165, 1.54) is 32.8 Å². The first-order valence-corrected chi connectivity index (χ1v) is 9.66. The smallest absolute Gasteiger partial charge is 0.264 e. The molecule has 0 atom stereocenters. The Morgan fingerprint density at radius 2 is 1.41 bits per heavy atom. The van der Waals surface area contributed by atoms with Gasteiger partial charge in [-0.3, -0.25) is 8.74 Å². The number of pyridine rings is 1. The highest BCUT2D eigenvalue weighted by molar-refractivity contribution is 7.80. The predicted octanol–water partition coefficient (Wildman–Crippen LogP) is 3.92. The van der Waals surface area contributed by atoms with Crippen LogP contribution >= 0.6 is 0 Å². The predicted molar refractivity (Wildman–Crippen MR) is 107 cm³/mol. The van der Waals surface area contributed by atoms with Gasteiger partial charge in [-0.2, -0.15) is 8.42 Å². The van der Waals surface area contributed by atoms with Gasteiger partial charge in [0, 0.05) is 12.1 Å². The lowest BCUT2D eigenvalue weighted by Crippen LogP contribution is -2.27. The monoisotopic (exact) mass is 382 g/mol. The lowest BCUT2D eigenvalue weighted by molar-refractivity contribution is -0.644. The molecule has 0 saturated carbocycles. The maximum atomic E-state index is 9.33. The molecule has 0 spiro atoms. The van der Waals surface area contributed by atoms with Crippen LogP contribution in [0.3, 0.4) is 0 Å². The third kappa shape index (κ3) is 4.31. The number of rotatable bonds is 2.